The molecule has 19 heavy (non-hydrogen) atoms. The van der Waals surface area contributed by atoms with Crippen LogP contribution in [0.3, 0.4) is 0 Å². The molecule has 1 heterocycles. The number of hydrogen-bond donors (Lipinski definition) is 1. The third-order valence-electron chi connectivity index (χ3n) is 2.47. The van der Waals surface area contributed by atoms with E-state index in [1.54, 1.807) is 36.4 Å². The van der Waals surface area contributed by atoms with Crippen LogP contribution in [0.25, 0.3) is 0 Å². The van der Waals surface area contributed by atoms with Gasteiger partial charge < -0.3 is 9.84 Å². The van der Waals surface area contributed by atoms with Gasteiger partial charge in [-0.3, -0.25) is 4.79 Å². The van der Waals surface area contributed by atoms with Gasteiger partial charge >= 0.3 is 5.97 Å². The first kappa shape index (κ1) is 14.2. The molecule has 1 atom stereocenters. The molecule has 3 nitrogen and oxygen atoms in total. The molecule has 2 aromatic rings. The van der Waals surface area contributed by atoms with E-state index in [-0.39, 0.29) is 6.61 Å². The molecule has 1 aromatic heterocycles. The SMILES string of the molecule is O=C(O)C(COc1ccc(Cl)cc1)c1ccc(Cl)s1. The highest BCUT2D eigenvalue weighted by molar-refractivity contribution is 7.16. The van der Waals surface area contributed by atoms with Gasteiger partial charge in [-0.1, -0.05) is 23.2 Å². The van der Waals surface area contributed by atoms with Crippen molar-refractivity contribution in [1.82, 2.24) is 0 Å². The van der Waals surface area contributed by atoms with Crippen LogP contribution >= 0.6 is 34.5 Å². The summed E-state index contributed by atoms with van der Waals surface area (Å²) in [5.74, 6) is -1.08. The van der Waals surface area contributed by atoms with E-state index < -0.39 is 11.9 Å². The largest absolute Gasteiger partial charge is 0.492 e. The van der Waals surface area contributed by atoms with Crippen molar-refractivity contribution < 1.29 is 14.6 Å². The highest BCUT2D eigenvalue weighted by atomic mass is 35.5. The number of hydrogen-bond acceptors (Lipinski definition) is 3. The fourth-order valence-electron chi connectivity index (χ4n) is 1.50. The average Bonchev–Trinajstić information content (AvgIpc) is 2.78. The summed E-state index contributed by atoms with van der Waals surface area (Å²) < 4.78 is 6.03. The Labute approximate surface area is 124 Å². The van der Waals surface area contributed by atoms with Crippen LogP contribution in [0, 0.1) is 0 Å². The lowest BCUT2D eigenvalue weighted by molar-refractivity contribution is -0.139. The van der Waals surface area contributed by atoms with Gasteiger partial charge in [0.25, 0.3) is 0 Å². The third-order valence-corrected chi connectivity index (χ3v) is 4.06. The fourth-order valence-corrected chi connectivity index (χ4v) is 2.77. The summed E-state index contributed by atoms with van der Waals surface area (Å²) in [6.45, 7) is 0.0494. The van der Waals surface area contributed by atoms with Crippen LogP contribution in [-0.2, 0) is 4.79 Å². The van der Waals surface area contributed by atoms with Crippen LogP contribution in [0.5, 0.6) is 5.75 Å². The predicted molar refractivity (Wildman–Crippen MR) is 76.7 cm³/mol. The van der Waals surface area contributed by atoms with E-state index in [0.717, 1.165) is 0 Å². The lowest BCUT2D eigenvalue weighted by Crippen LogP contribution is -2.18. The molecule has 0 amide bonds. The molecular formula is C13H10Cl2O3S. The van der Waals surface area contributed by atoms with Crippen LogP contribution < -0.4 is 4.74 Å². The van der Waals surface area contributed by atoms with E-state index in [9.17, 15) is 9.90 Å². The second-order valence-corrected chi connectivity index (χ2v) is 5.98. The molecule has 1 unspecified atom stereocenters. The van der Waals surface area contributed by atoms with Crippen molar-refractivity contribution >= 4 is 40.5 Å². The zero-order valence-electron chi connectivity index (χ0n) is 9.68. The van der Waals surface area contributed by atoms with Crippen LogP contribution in [-0.4, -0.2) is 17.7 Å². The van der Waals surface area contributed by atoms with E-state index >= 15 is 0 Å². The van der Waals surface area contributed by atoms with E-state index in [1.165, 1.54) is 11.3 Å². The van der Waals surface area contributed by atoms with Crippen molar-refractivity contribution in [1.29, 1.82) is 0 Å². The van der Waals surface area contributed by atoms with Gasteiger partial charge in [-0.05, 0) is 36.4 Å². The van der Waals surface area contributed by atoms with E-state index in [1.807, 2.05) is 0 Å². The van der Waals surface area contributed by atoms with Gasteiger partial charge in [-0.25, -0.2) is 0 Å². The fraction of sp³-hybridized carbons (Fsp3) is 0.154. The van der Waals surface area contributed by atoms with E-state index in [4.69, 9.17) is 27.9 Å². The van der Waals surface area contributed by atoms with Crippen LogP contribution in [0.2, 0.25) is 9.36 Å². The molecule has 0 bridgehead atoms. The van der Waals surface area contributed by atoms with Crippen molar-refractivity contribution in [3.63, 3.8) is 0 Å². The van der Waals surface area contributed by atoms with Gasteiger partial charge in [0.1, 0.15) is 18.3 Å². The van der Waals surface area contributed by atoms with Crippen LogP contribution in [0.4, 0.5) is 0 Å². The number of halogens is 2. The third kappa shape index (κ3) is 3.86. The first-order valence-corrected chi connectivity index (χ1v) is 7.00. The van der Waals surface area contributed by atoms with Crippen LogP contribution in [0.1, 0.15) is 10.8 Å². The molecule has 0 aliphatic rings. The van der Waals surface area contributed by atoms with Crippen molar-refractivity contribution in [2.45, 2.75) is 5.92 Å². The smallest absolute Gasteiger partial charge is 0.315 e. The minimum atomic E-state index is -0.938. The molecular weight excluding hydrogens is 307 g/mol. The number of benzene rings is 1. The Hall–Kier alpha value is -1.23. The Morgan fingerprint density at radius 2 is 1.89 bits per heavy atom. The molecule has 0 radical (unpaired) electrons. The van der Waals surface area contributed by atoms with Gasteiger partial charge in [0.05, 0.1) is 4.34 Å². The van der Waals surface area contributed by atoms with Gasteiger partial charge in [-0.2, -0.15) is 0 Å². The number of aliphatic carboxylic acids is 1. The predicted octanol–water partition coefficient (Wildman–Crippen LogP) is 4.30. The summed E-state index contributed by atoms with van der Waals surface area (Å²) in [5, 5.41) is 9.82. The minimum Gasteiger partial charge on any atom is -0.492 e. The zero-order valence-corrected chi connectivity index (χ0v) is 12.0. The lowest BCUT2D eigenvalue weighted by Gasteiger charge is -2.12. The maximum atomic E-state index is 11.2. The quantitative estimate of drug-likeness (QED) is 0.894. The number of carbonyl (C=O) groups is 1. The Balaban J connectivity index is 2.06. The lowest BCUT2D eigenvalue weighted by atomic mass is 10.1. The topological polar surface area (TPSA) is 46.5 Å². The Bertz CT molecular complexity index is 566. The maximum absolute atomic E-state index is 11.2. The number of rotatable bonds is 5. The van der Waals surface area contributed by atoms with Crippen molar-refractivity contribution in [3.8, 4) is 5.75 Å². The molecule has 0 aliphatic carbocycles. The van der Waals surface area contributed by atoms with Gasteiger partial charge in [0.15, 0.2) is 0 Å². The number of ether oxygens (including phenoxy) is 1. The summed E-state index contributed by atoms with van der Waals surface area (Å²) in [7, 11) is 0. The highest BCUT2D eigenvalue weighted by Gasteiger charge is 2.22. The van der Waals surface area contributed by atoms with Crippen molar-refractivity contribution in [3.05, 3.63) is 50.6 Å². The summed E-state index contributed by atoms with van der Waals surface area (Å²) in [6.07, 6.45) is 0. The standard InChI is InChI=1S/C13H10Cl2O3S/c14-8-1-3-9(4-2-8)18-7-10(13(16)17)11-5-6-12(15)19-11/h1-6,10H,7H2,(H,16,17). The molecule has 1 aromatic carbocycles. The van der Waals surface area contributed by atoms with E-state index in [2.05, 4.69) is 0 Å². The molecule has 100 valence electrons. The molecule has 0 saturated heterocycles. The first-order chi connectivity index (χ1) is 9.06. The molecule has 0 spiro atoms. The summed E-state index contributed by atoms with van der Waals surface area (Å²) in [4.78, 5) is 11.9. The van der Waals surface area contributed by atoms with Gasteiger partial charge in [-0.15, -0.1) is 11.3 Å². The second-order valence-electron chi connectivity index (χ2n) is 3.80. The zero-order chi connectivity index (χ0) is 13.8. The number of thiophene rings is 1. The normalized spacial score (nSPS) is 12.1. The monoisotopic (exact) mass is 316 g/mol. The van der Waals surface area contributed by atoms with E-state index in [0.29, 0.717) is 20.0 Å². The minimum absolute atomic E-state index is 0.0494. The summed E-state index contributed by atoms with van der Waals surface area (Å²) >= 11 is 12.8. The van der Waals surface area contributed by atoms with Crippen molar-refractivity contribution in [2.75, 3.05) is 6.61 Å². The molecule has 2 rings (SSSR count). The first-order valence-electron chi connectivity index (χ1n) is 5.42. The number of carboxylic acid groups (broad SMARTS) is 1. The van der Waals surface area contributed by atoms with Gasteiger partial charge in [0, 0.05) is 9.90 Å². The number of carboxylic acids is 1. The molecule has 1 N–H and O–H groups in total. The highest BCUT2D eigenvalue weighted by Crippen LogP contribution is 2.29. The molecule has 0 aliphatic heterocycles. The summed E-state index contributed by atoms with van der Waals surface area (Å²) in [5.41, 5.74) is 0. The Morgan fingerprint density at radius 3 is 2.42 bits per heavy atom. The molecule has 0 saturated carbocycles. The molecule has 0 fully saturated rings. The summed E-state index contributed by atoms with van der Waals surface area (Å²) in [6, 6.07) is 10.2. The molecule has 6 heteroatoms. The Kier molecular flexibility index (Phi) is 4.69. The van der Waals surface area contributed by atoms with Crippen molar-refractivity contribution in [2.24, 2.45) is 0 Å². The van der Waals surface area contributed by atoms with Gasteiger partial charge in [0.2, 0.25) is 0 Å². The average molecular weight is 317 g/mol. The Morgan fingerprint density at radius 1 is 1.21 bits per heavy atom. The van der Waals surface area contributed by atoms with Crippen LogP contribution in [0.15, 0.2) is 36.4 Å². The maximum Gasteiger partial charge on any atom is 0.315 e. The second kappa shape index (κ2) is 6.28.